The summed E-state index contributed by atoms with van der Waals surface area (Å²) in [6.45, 7) is 4.36. The van der Waals surface area contributed by atoms with E-state index in [4.69, 9.17) is 15.4 Å². The van der Waals surface area contributed by atoms with E-state index in [1.165, 1.54) is 12.1 Å². The van der Waals surface area contributed by atoms with Crippen molar-refractivity contribution in [1.82, 2.24) is 0 Å². The number of rotatable bonds is 1. The fraction of sp³-hybridized carbons (Fsp3) is 0.333. The van der Waals surface area contributed by atoms with E-state index in [2.05, 4.69) is 0 Å². The normalized spacial score (nSPS) is 11.4. The van der Waals surface area contributed by atoms with Crippen molar-refractivity contribution in [3.8, 4) is 5.75 Å². The highest BCUT2D eigenvalue weighted by Crippen LogP contribution is 2.17. The standard InChI is InChI=1S/C7H8O3S.C2H7N/c1-5-2-3-6(8)4-7(5)11(9)10;1-2-3/h2-4,8H,1H3,(H,9,10);2-3H2,1H3. The van der Waals surface area contributed by atoms with Crippen LogP contribution in [0.4, 0.5) is 0 Å². The van der Waals surface area contributed by atoms with E-state index >= 15 is 0 Å². The molecule has 0 bridgehead atoms. The first kappa shape index (κ1) is 13.1. The third-order valence-electron chi connectivity index (χ3n) is 1.36. The van der Waals surface area contributed by atoms with Crippen LogP contribution in [0.2, 0.25) is 0 Å². The summed E-state index contributed by atoms with van der Waals surface area (Å²) < 4.78 is 19.3. The summed E-state index contributed by atoms with van der Waals surface area (Å²) in [6.07, 6.45) is 0. The van der Waals surface area contributed by atoms with Gasteiger partial charge in [0, 0.05) is 0 Å². The zero-order chi connectivity index (χ0) is 11.1. The highest BCUT2D eigenvalue weighted by atomic mass is 32.2. The molecule has 0 heterocycles. The van der Waals surface area contributed by atoms with Crippen molar-refractivity contribution in [2.45, 2.75) is 18.7 Å². The lowest BCUT2D eigenvalue weighted by Gasteiger charge is -1.99. The SMILES string of the molecule is CCN.Cc1ccc(O)cc1S(=O)O. The monoisotopic (exact) mass is 217 g/mol. The van der Waals surface area contributed by atoms with Crippen LogP contribution in [0, 0.1) is 6.92 Å². The molecule has 4 nitrogen and oxygen atoms in total. The third-order valence-corrected chi connectivity index (χ3v) is 2.18. The van der Waals surface area contributed by atoms with E-state index in [-0.39, 0.29) is 10.6 Å². The molecular weight excluding hydrogens is 202 g/mol. The lowest BCUT2D eigenvalue weighted by atomic mass is 10.2. The van der Waals surface area contributed by atoms with Gasteiger partial charge in [0.1, 0.15) is 5.75 Å². The van der Waals surface area contributed by atoms with Crippen molar-refractivity contribution < 1.29 is 13.9 Å². The summed E-state index contributed by atoms with van der Waals surface area (Å²) in [5.41, 5.74) is 5.55. The van der Waals surface area contributed by atoms with Gasteiger partial charge in [-0.15, -0.1) is 0 Å². The molecule has 1 unspecified atom stereocenters. The topological polar surface area (TPSA) is 83.5 Å². The fourth-order valence-corrected chi connectivity index (χ4v) is 1.34. The molecule has 0 aliphatic carbocycles. The van der Waals surface area contributed by atoms with Gasteiger partial charge in [-0.1, -0.05) is 13.0 Å². The smallest absolute Gasteiger partial charge is 0.186 e. The molecule has 4 N–H and O–H groups in total. The summed E-state index contributed by atoms with van der Waals surface area (Å²) in [6, 6.07) is 4.36. The average Bonchev–Trinajstić information content (AvgIpc) is 2.10. The first-order valence-electron chi connectivity index (χ1n) is 4.13. The van der Waals surface area contributed by atoms with Gasteiger partial charge in [0.2, 0.25) is 0 Å². The maximum absolute atomic E-state index is 10.6. The van der Waals surface area contributed by atoms with Crippen molar-refractivity contribution in [2.75, 3.05) is 6.54 Å². The Balaban J connectivity index is 0.000000500. The molecule has 0 amide bonds. The van der Waals surface area contributed by atoms with E-state index in [9.17, 15) is 4.21 Å². The molecule has 0 aromatic heterocycles. The summed E-state index contributed by atoms with van der Waals surface area (Å²) >= 11 is -2.01. The molecule has 1 rings (SSSR count). The molecule has 0 saturated heterocycles. The van der Waals surface area contributed by atoms with Crippen LogP contribution < -0.4 is 5.73 Å². The minimum Gasteiger partial charge on any atom is -0.508 e. The zero-order valence-electron chi connectivity index (χ0n) is 8.23. The van der Waals surface area contributed by atoms with Crippen LogP contribution in [0.5, 0.6) is 5.75 Å². The molecular formula is C9H15NO3S. The minimum atomic E-state index is -2.01. The fourth-order valence-electron chi connectivity index (χ4n) is 0.777. The van der Waals surface area contributed by atoms with Crippen LogP contribution in [0.1, 0.15) is 12.5 Å². The summed E-state index contributed by atoms with van der Waals surface area (Å²) in [4.78, 5) is 0.255. The van der Waals surface area contributed by atoms with Crippen molar-refractivity contribution in [3.05, 3.63) is 23.8 Å². The van der Waals surface area contributed by atoms with Crippen LogP contribution in [-0.4, -0.2) is 20.4 Å². The quantitative estimate of drug-likeness (QED) is 0.618. The Morgan fingerprint density at radius 1 is 1.50 bits per heavy atom. The number of hydrogen-bond donors (Lipinski definition) is 3. The largest absolute Gasteiger partial charge is 0.508 e. The molecule has 1 atom stereocenters. The number of phenols is 1. The molecule has 14 heavy (non-hydrogen) atoms. The minimum absolute atomic E-state index is 0.00741. The number of aromatic hydroxyl groups is 1. The van der Waals surface area contributed by atoms with Gasteiger partial charge in [-0.3, -0.25) is 0 Å². The van der Waals surface area contributed by atoms with Crippen LogP contribution >= 0.6 is 0 Å². The van der Waals surface area contributed by atoms with Crippen LogP contribution in [0.25, 0.3) is 0 Å². The van der Waals surface area contributed by atoms with E-state index in [0.717, 1.165) is 6.54 Å². The number of phenolic OH excluding ortho intramolecular Hbond substituents is 1. The Hall–Kier alpha value is -0.910. The molecule has 0 spiro atoms. The van der Waals surface area contributed by atoms with Crippen LogP contribution in [0.3, 0.4) is 0 Å². The van der Waals surface area contributed by atoms with Crippen molar-refractivity contribution in [3.63, 3.8) is 0 Å². The van der Waals surface area contributed by atoms with Gasteiger partial charge in [-0.25, -0.2) is 4.21 Å². The first-order valence-corrected chi connectivity index (χ1v) is 5.24. The van der Waals surface area contributed by atoms with E-state index in [1.807, 2.05) is 6.92 Å². The predicted molar refractivity (Wildman–Crippen MR) is 56.6 cm³/mol. The second kappa shape index (κ2) is 6.53. The maximum atomic E-state index is 10.6. The second-order valence-electron chi connectivity index (χ2n) is 2.61. The van der Waals surface area contributed by atoms with Gasteiger partial charge in [-0.05, 0) is 31.2 Å². The molecule has 80 valence electrons. The van der Waals surface area contributed by atoms with E-state index < -0.39 is 11.1 Å². The third kappa shape index (κ3) is 4.36. The molecule has 0 saturated carbocycles. The van der Waals surface area contributed by atoms with E-state index in [1.54, 1.807) is 13.0 Å². The first-order chi connectivity index (χ1) is 6.52. The Morgan fingerprint density at radius 2 is 2.00 bits per heavy atom. The molecule has 0 aliphatic heterocycles. The van der Waals surface area contributed by atoms with Gasteiger partial charge < -0.3 is 15.4 Å². The van der Waals surface area contributed by atoms with Gasteiger partial charge >= 0.3 is 0 Å². The lowest BCUT2D eigenvalue weighted by molar-refractivity contribution is 0.472. The molecule has 0 radical (unpaired) electrons. The van der Waals surface area contributed by atoms with Crippen LogP contribution in [0.15, 0.2) is 23.1 Å². The van der Waals surface area contributed by atoms with Gasteiger partial charge in [-0.2, -0.15) is 0 Å². The predicted octanol–water partition coefficient (Wildman–Crippen LogP) is 1.25. The highest BCUT2D eigenvalue weighted by molar-refractivity contribution is 7.79. The van der Waals surface area contributed by atoms with Gasteiger partial charge in [0.05, 0.1) is 4.90 Å². The Labute approximate surface area is 86.0 Å². The van der Waals surface area contributed by atoms with Gasteiger partial charge in [0.15, 0.2) is 11.1 Å². The molecule has 1 aromatic rings. The number of nitrogens with two attached hydrogens (primary N) is 1. The van der Waals surface area contributed by atoms with Crippen LogP contribution in [-0.2, 0) is 11.1 Å². The molecule has 5 heteroatoms. The lowest BCUT2D eigenvalue weighted by Crippen LogP contribution is -1.91. The Morgan fingerprint density at radius 3 is 2.36 bits per heavy atom. The number of aryl methyl sites for hydroxylation is 1. The number of hydrogen-bond acceptors (Lipinski definition) is 3. The summed E-state index contributed by atoms with van der Waals surface area (Å²) in [5.74, 6) is 0.00741. The Bertz CT molecular complexity index is 315. The van der Waals surface area contributed by atoms with Gasteiger partial charge in [0.25, 0.3) is 0 Å². The van der Waals surface area contributed by atoms with Crippen molar-refractivity contribution in [1.29, 1.82) is 0 Å². The van der Waals surface area contributed by atoms with E-state index in [0.29, 0.717) is 5.56 Å². The highest BCUT2D eigenvalue weighted by Gasteiger charge is 2.04. The number of benzene rings is 1. The summed E-state index contributed by atoms with van der Waals surface area (Å²) in [7, 11) is 0. The summed E-state index contributed by atoms with van der Waals surface area (Å²) in [5, 5.41) is 8.94. The maximum Gasteiger partial charge on any atom is 0.186 e. The molecule has 0 fully saturated rings. The van der Waals surface area contributed by atoms with Crippen molar-refractivity contribution >= 4 is 11.1 Å². The van der Waals surface area contributed by atoms with Crippen molar-refractivity contribution in [2.24, 2.45) is 5.73 Å². The Kier molecular flexibility index (Phi) is 6.11. The second-order valence-corrected chi connectivity index (χ2v) is 3.55. The molecule has 0 aliphatic rings. The zero-order valence-corrected chi connectivity index (χ0v) is 9.04. The molecule has 1 aromatic carbocycles. The average molecular weight is 217 g/mol.